The van der Waals surface area contributed by atoms with Gasteiger partial charge in [0.1, 0.15) is 11.6 Å². The predicted molar refractivity (Wildman–Crippen MR) is 75.8 cm³/mol. The molecule has 0 aliphatic heterocycles. The van der Waals surface area contributed by atoms with Crippen molar-refractivity contribution in [2.75, 3.05) is 5.43 Å². The molecule has 5 nitrogen and oxygen atoms in total. The highest BCUT2D eigenvalue weighted by Gasteiger charge is 2.14. The van der Waals surface area contributed by atoms with Crippen LogP contribution in [0.2, 0.25) is 0 Å². The largest absolute Gasteiger partial charge is 0.508 e. The normalized spacial score (nSPS) is 10.8. The maximum Gasteiger partial charge on any atom is 0.161 e. The van der Waals surface area contributed by atoms with Gasteiger partial charge in [0.2, 0.25) is 0 Å². The second-order valence-electron chi connectivity index (χ2n) is 4.74. The van der Waals surface area contributed by atoms with E-state index in [2.05, 4.69) is 29.2 Å². The first-order valence-electron chi connectivity index (χ1n) is 6.17. The lowest BCUT2D eigenvalue weighted by atomic mass is 10.0. The standard InChI is InChI=1S/C14H18N4O/c1-8(2)12-9(3)16-13(17-14(12)18-15)10-4-6-11(19)7-5-10/h4-8,19H,15H2,1-3H3,(H,16,17,18). The summed E-state index contributed by atoms with van der Waals surface area (Å²) in [6.07, 6.45) is 0. The molecule has 1 heterocycles. The maximum absolute atomic E-state index is 9.30. The number of nitrogens with two attached hydrogens (primary N) is 1. The summed E-state index contributed by atoms with van der Waals surface area (Å²) in [5.74, 6) is 7.30. The first-order chi connectivity index (χ1) is 9.02. The number of nitrogen functional groups attached to an aromatic ring is 1. The Kier molecular flexibility index (Phi) is 3.66. The SMILES string of the molecule is Cc1nc(-c2ccc(O)cc2)nc(NN)c1C(C)C. The van der Waals surface area contributed by atoms with Crippen LogP contribution in [0.5, 0.6) is 5.75 Å². The molecule has 0 fully saturated rings. The number of hydrogen-bond acceptors (Lipinski definition) is 5. The molecule has 1 aromatic carbocycles. The van der Waals surface area contributed by atoms with Gasteiger partial charge in [-0.05, 0) is 37.1 Å². The topological polar surface area (TPSA) is 84.1 Å². The fraction of sp³-hybridized carbons (Fsp3) is 0.286. The van der Waals surface area contributed by atoms with E-state index >= 15 is 0 Å². The lowest BCUT2D eigenvalue weighted by Crippen LogP contribution is -2.14. The van der Waals surface area contributed by atoms with E-state index in [1.54, 1.807) is 24.3 Å². The number of hydrogen-bond donors (Lipinski definition) is 3. The van der Waals surface area contributed by atoms with E-state index in [0.29, 0.717) is 17.6 Å². The van der Waals surface area contributed by atoms with Gasteiger partial charge >= 0.3 is 0 Å². The van der Waals surface area contributed by atoms with Crippen LogP contribution in [0.1, 0.15) is 31.0 Å². The predicted octanol–water partition coefficient (Wildman–Crippen LogP) is 2.57. The molecule has 1 aromatic heterocycles. The number of nitrogens with one attached hydrogen (secondary N) is 1. The molecule has 0 aliphatic rings. The van der Waals surface area contributed by atoms with Crippen LogP contribution in [0.4, 0.5) is 5.82 Å². The number of aromatic hydroxyl groups is 1. The number of phenolic OH excluding ortho intramolecular Hbond substituents is 1. The minimum atomic E-state index is 0.219. The number of rotatable bonds is 3. The van der Waals surface area contributed by atoms with Gasteiger partial charge in [0.25, 0.3) is 0 Å². The Labute approximate surface area is 112 Å². The number of hydrazine groups is 1. The van der Waals surface area contributed by atoms with E-state index in [1.165, 1.54) is 0 Å². The van der Waals surface area contributed by atoms with E-state index in [9.17, 15) is 5.11 Å². The molecule has 0 atom stereocenters. The second kappa shape index (κ2) is 5.24. The first kappa shape index (κ1) is 13.3. The van der Waals surface area contributed by atoms with Crippen molar-refractivity contribution in [1.29, 1.82) is 0 Å². The molecular formula is C14H18N4O. The third-order valence-corrected chi connectivity index (χ3v) is 2.98. The lowest BCUT2D eigenvalue weighted by Gasteiger charge is -2.15. The molecule has 0 aliphatic carbocycles. The third kappa shape index (κ3) is 2.66. The zero-order chi connectivity index (χ0) is 14.0. The molecule has 0 spiro atoms. The summed E-state index contributed by atoms with van der Waals surface area (Å²) in [6.45, 7) is 6.10. The molecule has 2 aromatic rings. The summed E-state index contributed by atoms with van der Waals surface area (Å²) in [5.41, 5.74) is 5.40. The molecular weight excluding hydrogens is 240 g/mol. The molecule has 100 valence electrons. The van der Waals surface area contributed by atoms with Crippen LogP contribution in [-0.2, 0) is 0 Å². The van der Waals surface area contributed by atoms with Crippen molar-refractivity contribution in [3.05, 3.63) is 35.5 Å². The van der Waals surface area contributed by atoms with Crippen LogP contribution in [0, 0.1) is 6.92 Å². The number of anilines is 1. The Balaban J connectivity index is 2.54. The molecule has 0 saturated carbocycles. The van der Waals surface area contributed by atoms with Gasteiger partial charge < -0.3 is 10.5 Å². The van der Waals surface area contributed by atoms with Gasteiger partial charge in [-0.25, -0.2) is 15.8 Å². The highest BCUT2D eigenvalue weighted by Crippen LogP contribution is 2.28. The van der Waals surface area contributed by atoms with E-state index in [0.717, 1.165) is 16.8 Å². The van der Waals surface area contributed by atoms with Crippen LogP contribution < -0.4 is 11.3 Å². The van der Waals surface area contributed by atoms with Crippen LogP contribution in [-0.4, -0.2) is 15.1 Å². The summed E-state index contributed by atoms with van der Waals surface area (Å²) in [7, 11) is 0. The van der Waals surface area contributed by atoms with Crippen molar-refractivity contribution in [3.8, 4) is 17.1 Å². The van der Waals surface area contributed by atoms with Gasteiger partial charge in [-0.1, -0.05) is 13.8 Å². The van der Waals surface area contributed by atoms with Gasteiger partial charge in [-0.2, -0.15) is 0 Å². The Morgan fingerprint density at radius 2 is 1.79 bits per heavy atom. The number of benzene rings is 1. The molecule has 0 radical (unpaired) electrons. The smallest absolute Gasteiger partial charge is 0.161 e. The average Bonchev–Trinajstić information content (AvgIpc) is 2.38. The molecule has 0 unspecified atom stereocenters. The van der Waals surface area contributed by atoms with Crippen molar-refractivity contribution in [3.63, 3.8) is 0 Å². The van der Waals surface area contributed by atoms with Gasteiger partial charge in [0.05, 0.1) is 0 Å². The Morgan fingerprint density at radius 1 is 1.16 bits per heavy atom. The fourth-order valence-electron chi connectivity index (χ4n) is 2.12. The van der Waals surface area contributed by atoms with Crippen molar-refractivity contribution in [2.45, 2.75) is 26.7 Å². The van der Waals surface area contributed by atoms with Gasteiger partial charge in [-0.3, -0.25) is 0 Å². The molecule has 0 saturated heterocycles. The molecule has 19 heavy (non-hydrogen) atoms. The Bertz CT molecular complexity index is 579. The maximum atomic E-state index is 9.30. The van der Waals surface area contributed by atoms with E-state index in [4.69, 9.17) is 5.84 Å². The number of phenols is 1. The van der Waals surface area contributed by atoms with Crippen LogP contribution in [0.25, 0.3) is 11.4 Å². The number of aromatic nitrogens is 2. The zero-order valence-electron chi connectivity index (χ0n) is 11.3. The Hall–Kier alpha value is -2.14. The fourth-order valence-corrected chi connectivity index (χ4v) is 2.12. The van der Waals surface area contributed by atoms with Gasteiger partial charge in [-0.15, -0.1) is 0 Å². The minimum absolute atomic E-state index is 0.219. The van der Waals surface area contributed by atoms with Crippen molar-refractivity contribution >= 4 is 5.82 Å². The first-order valence-corrected chi connectivity index (χ1v) is 6.17. The van der Waals surface area contributed by atoms with E-state index in [1.807, 2.05) is 6.92 Å². The average molecular weight is 258 g/mol. The second-order valence-corrected chi connectivity index (χ2v) is 4.74. The minimum Gasteiger partial charge on any atom is -0.508 e. The van der Waals surface area contributed by atoms with Crippen LogP contribution >= 0.6 is 0 Å². The highest BCUT2D eigenvalue weighted by molar-refractivity contribution is 5.60. The third-order valence-electron chi connectivity index (χ3n) is 2.98. The summed E-state index contributed by atoms with van der Waals surface area (Å²) in [4.78, 5) is 8.96. The molecule has 0 amide bonds. The number of nitrogens with zero attached hydrogens (tertiary/aromatic N) is 2. The Morgan fingerprint density at radius 3 is 2.32 bits per heavy atom. The molecule has 5 heteroatoms. The quantitative estimate of drug-likeness (QED) is 0.582. The van der Waals surface area contributed by atoms with Crippen molar-refractivity contribution < 1.29 is 5.11 Å². The summed E-state index contributed by atoms with van der Waals surface area (Å²) in [6, 6.07) is 6.78. The van der Waals surface area contributed by atoms with Gasteiger partial charge in [0, 0.05) is 16.8 Å². The summed E-state index contributed by atoms with van der Waals surface area (Å²) in [5, 5.41) is 9.30. The van der Waals surface area contributed by atoms with Gasteiger partial charge in [0.15, 0.2) is 5.82 Å². The number of aryl methyl sites for hydroxylation is 1. The molecule has 0 bridgehead atoms. The highest BCUT2D eigenvalue weighted by atomic mass is 16.3. The lowest BCUT2D eigenvalue weighted by molar-refractivity contribution is 0.475. The van der Waals surface area contributed by atoms with E-state index in [-0.39, 0.29) is 5.75 Å². The molecule has 4 N–H and O–H groups in total. The monoisotopic (exact) mass is 258 g/mol. The zero-order valence-corrected chi connectivity index (χ0v) is 11.3. The van der Waals surface area contributed by atoms with Crippen LogP contribution in [0.15, 0.2) is 24.3 Å². The van der Waals surface area contributed by atoms with Crippen LogP contribution in [0.3, 0.4) is 0 Å². The van der Waals surface area contributed by atoms with E-state index < -0.39 is 0 Å². The van der Waals surface area contributed by atoms with Crippen molar-refractivity contribution in [1.82, 2.24) is 9.97 Å². The van der Waals surface area contributed by atoms with Crippen molar-refractivity contribution in [2.24, 2.45) is 5.84 Å². The molecule has 2 rings (SSSR count). The summed E-state index contributed by atoms with van der Waals surface area (Å²) < 4.78 is 0. The summed E-state index contributed by atoms with van der Waals surface area (Å²) >= 11 is 0.